The lowest BCUT2D eigenvalue weighted by Crippen LogP contribution is -2.55. The van der Waals surface area contributed by atoms with Gasteiger partial charge < -0.3 is 5.32 Å². The van der Waals surface area contributed by atoms with Crippen LogP contribution in [-0.4, -0.2) is 42.8 Å². The summed E-state index contributed by atoms with van der Waals surface area (Å²) in [7, 11) is -3.93. The Morgan fingerprint density at radius 3 is 2.36 bits per heavy atom. The zero-order chi connectivity index (χ0) is 15.8. The van der Waals surface area contributed by atoms with E-state index in [4.69, 9.17) is 11.6 Å². The minimum atomic E-state index is -3.93. The molecule has 1 aromatic carbocycles. The van der Waals surface area contributed by atoms with Crippen molar-refractivity contribution in [2.75, 3.05) is 13.1 Å². The Bertz CT molecular complexity index is 658. The largest absolute Gasteiger partial charge is 0.309 e. The number of nitro groups is 1. The van der Waals surface area contributed by atoms with Gasteiger partial charge in [0.15, 0.2) is 4.90 Å². The van der Waals surface area contributed by atoms with E-state index in [0.717, 1.165) is 6.07 Å². The molecule has 0 radical (unpaired) electrons. The average Bonchev–Trinajstić information content (AvgIpc) is 2.37. The maximum atomic E-state index is 12.7. The summed E-state index contributed by atoms with van der Waals surface area (Å²) < 4.78 is 26.6. The second-order valence-electron chi connectivity index (χ2n) is 5.16. The first-order valence-electron chi connectivity index (χ1n) is 6.42. The van der Waals surface area contributed by atoms with Crippen LogP contribution in [0.2, 0.25) is 5.02 Å². The van der Waals surface area contributed by atoms with Crippen molar-refractivity contribution in [2.24, 2.45) is 0 Å². The number of benzene rings is 1. The van der Waals surface area contributed by atoms with Crippen molar-refractivity contribution in [1.29, 1.82) is 0 Å². The van der Waals surface area contributed by atoms with E-state index in [9.17, 15) is 18.5 Å². The zero-order valence-electron chi connectivity index (χ0n) is 12.0. The van der Waals surface area contributed by atoms with Gasteiger partial charge in [-0.05, 0) is 26.0 Å². The quantitative estimate of drug-likeness (QED) is 0.649. The number of sulfonamides is 1. The van der Waals surface area contributed by atoms with Gasteiger partial charge in [0.05, 0.1) is 4.92 Å². The van der Waals surface area contributed by atoms with Crippen LogP contribution >= 0.6 is 24.0 Å². The van der Waals surface area contributed by atoms with E-state index in [1.807, 2.05) is 13.8 Å². The molecular formula is C12H17Cl2N3O4S. The summed E-state index contributed by atoms with van der Waals surface area (Å²) in [6.07, 6.45) is 0. The fourth-order valence-corrected chi connectivity index (χ4v) is 4.39. The lowest BCUT2D eigenvalue weighted by atomic mass is 10.2. The van der Waals surface area contributed by atoms with Crippen LogP contribution in [0.1, 0.15) is 13.8 Å². The van der Waals surface area contributed by atoms with Crippen LogP contribution in [-0.2, 0) is 10.0 Å². The molecule has 1 saturated heterocycles. The van der Waals surface area contributed by atoms with Crippen molar-refractivity contribution in [3.05, 3.63) is 33.3 Å². The highest BCUT2D eigenvalue weighted by Crippen LogP contribution is 2.30. The van der Waals surface area contributed by atoms with Gasteiger partial charge in [0.25, 0.3) is 5.69 Å². The van der Waals surface area contributed by atoms with E-state index < -0.39 is 20.6 Å². The van der Waals surface area contributed by atoms with Crippen LogP contribution in [0, 0.1) is 10.1 Å². The molecule has 0 saturated carbocycles. The van der Waals surface area contributed by atoms with Crippen molar-refractivity contribution in [1.82, 2.24) is 9.62 Å². The molecule has 2 unspecified atom stereocenters. The fraction of sp³-hybridized carbons (Fsp3) is 0.500. The first kappa shape index (κ1) is 19.1. The first-order chi connectivity index (χ1) is 9.71. The Kier molecular flexibility index (Phi) is 6.17. The van der Waals surface area contributed by atoms with E-state index in [1.165, 1.54) is 16.4 Å². The highest BCUT2D eigenvalue weighted by atomic mass is 35.5. The van der Waals surface area contributed by atoms with Gasteiger partial charge in [0, 0.05) is 36.3 Å². The average molecular weight is 370 g/mol. The van der Waals surface area contributed by atoms with E-state index in [2.05, 4.69) is 5.32 Å². The van der Waals surface area contributed by atoms with Gasteiger partial charge in [-0.2, -0.15) is 4.31 Å². The van der Waals surface area contributed by atoms with Crippen molar-refractivity contribution >= 4 is 39.7 Å². The number of piperazine rings is 1. The lowest BCUT2D eigenvalue weighted by molar-refractivity contribution is -0.387. The molecule has 7 nitrogen and oxygen atoms in total. The molecule has 1 fully saturated rings. The summed E-state index contributed by atoms with van der Waals surface area (Å²) in [6, 6.07) is 3.55. The molecule has 0 amide bonds. The molecular weight excluding hydrogens is 353 g/mol. The molecule has 2 atom stereocenters. The minimum Gasteiger partial charge on any atom is -0.309 e. The van der Waals surface area contributed by atoms with E-state index in [-0.39, 0.29) is 47.5 Å². The predicted molar refractivity (Wildman–Crippen MR) is 86.2 cm³/mol. The lowest BCUT2D eigenvalue weighted by Gasteiger charge is -2.35. The fourth-order valence-electron chi connectivity index (χ4n) is 2.46. The van der Waals surface area contributed by atoms with Crippen molar-refractivity contribution in [2.45, 2.75) is 30.8 Å². The summed E-state index contributed by atoms with van der Waals surface area (Å²) in [5, 5.41) is 14.4. The smallest absolute Gasteiger partial charge is 0.290 e. The van der Waals surface area contributed by atoms with Crippen LogP contribution in [0.25, 0.3) is 0 Å². The normalized spacial score (nSPS) is 22.9. The number of nitro benzene ring substituents is 1. The third-order valence-electron chi connectivity index (χ3n) is 3.26. The van der Waals surface area contributed by atoms with E-state index >= 15 is 0 Å². The van der Waals surface area contributed by atoms with Crippen molar-refractivity contribution in [3.63, 3.8) is 0 Å². The maximum absolute atomic E-state index is 12.7. The van der Waals surface area contributed by atoms with Crippen LogP contribution in [0.3, 0.4) is 0 Å². The highest BCUT2D eigenvalue weighted by molar-refractivity contribution is 7.89. The van der Waals surface area contributed by atoms with Crippen molar-refractivity contribution in [3.8, 4) is 0 Å². The Morgan fingerprint density at radius 1 is 1.32 bits per heavy atom. The first-order valence-corrected chi connectivity index (χ1v) is 8.23. The standard InChI is InChI=1S/C12H16ClN3O4S.ClH/c1-8-6-15(7-9(2)14-8)21(19,20)12-4-3-10(13)5-11(12)16(17)18;/h3-5,8-9,14H,6-7H2,1-2H3;1H. The van der Waals surface area contributed by atoms with Crippen LogP contribution in [0.4, 0.5) is 5.69 Å². The Morgan fingerprint density at radius 2 is 1.86 bits per heavy atom. The van der Waals surface area contributed by atoms with Crippen LogP contribution < -0.4 is 5.32 Å². The molecule has 1 aliphatic rings. The van der Waals surface area contributed by atoms with Crippen LogP contribution in [0.15, 0.2) is 23.1 Å². The number of rotatable bonds is 3. The summed E-state index contributed by atoms with van der Waals surface area (Å²) >= 11 is 5.72. The Hall–Kier alpha value is -0.930. The molecule has 0 aromatic heterocycles. The van der Waals surface area contributed by atoms with Gasteiger partial charge in [0.1, 0.15) is 0 Å². The maximum Gasteiger partial charge on any atom is 0.290 e. The molecule has 1 heterocycles. The number of nitrogens with zero attached hydrogens (tertiary/aromatic N) is 2. The topological polar surface area (TPSA) is 92.5 Å². The molecule has 2 rings (SSSR count). The zero-order valence-corrected chi connectivity index (χ0v) is 14.4. The molecule has 124 valence electrons. The Labute approximate surface area is 140 Å². The summed E-state index contributed by atoms with van der Waals surface area (Å²) in [4.78, 5) is 10.0. The molecule has 22 heavy (non-hydrogen) atoms. The third kappa shape index (κ3) is 3.88. The molecule has 1 aromatic rings. The van der Waals surface area contributed by atoms with Crippen molar-refractivity contribution < 1.29 is 13.3 Å². The number of hydrogen-bond acceptors (Lipinski definition) is 5. The summed E-state index contributed by atoms with van der Waals surface area (Å²) in [5.74, 6) is 0. The molecule has 1 aliphatic heterocycles. The van der Waals surface area contributed by atoms with Gasteiger partial charge in [-0.25, -0.2) is 8.42 Å². The minimum absolute atomic E-state index is 0. The summed E-state index contributed by atoms with van der Waals surface area (Å²) in [6.45, 7) is 4.28. The number of nitrogens with one attached hydrogen (secondary N) is 1. The monoisotopic (exact) mass is 369 g/mol. The molecule has 1 N–H and O–H groups in total. The van der Waals surface area contributed by atoms with E-state index in [0.29, 0.717) is 0 Å². The second-order valence-corrected chi connectivity index (χ2v) is 7.50. The second kappa shape index (κ2) is 7.10. The highest BCUT2D eigenvalue weighted by Gasteiger charge is 2.35. The Balaban J connectivity index is 0.00000242. The van der Waals surface area contributed by atoms with Gasteiger partial charge >= 0.3 is 0 Å². The van der Waals surface area contributed by atoms with Gasteiger partial charge in [-0.3, -0.25) is 10.1 Å². The molecule has 0 aliphatic carbocycles. The number of hydrogen-bond donors (Lipinski definition) is 1. The summed E-state index contributed by atoms with van der Waals surface area (Å²) in [5.41, 5.74) is -0.499. The third-order valence-corrected chi connectivity index (χ3v) is 5.37. The van der Waals surface area contributed by atoms with Gasteiger partial charge in [-0.15, -0.1) is 12.4 Å². The van der Waals surface area contributed by atoms with E-state index in [1.54, 1.807) is 0 Å². The molecule has 10 heteroatoms. The SMILES string of the molecule is CC1CN(S(=O)(=O)c2ccc(Cl)cc2[N+](=O)[O-])CC(C)N1.Cl. The van der Waals surface area contributed by atoms with Crippen LogP contribution in [0.5, 0.6) is 0 Å². The van der Waals surface area contributed by atoms with Gasteiger partial charge in [0.2, 0.25) is 10.0 Å². The number of halogens is 2. The predicted octanol–water partition coefficient (Wildman–Crippen LogP) is 2.04. The van der Waals surface area contributed by atoms with Gasteiger partial charge in [-0.1, -0.05) is 11.6 Å². The molecule has 0 bridgehead atoms. The molecule has 0 spiro atoms.